The van der Waals surface area contributed by atoms with E-state index in [4.69, 9.17) is 14.2 Å². The van der Waals surface area contributed by atoms with E-state index in [1.807, 2.05) is 12.1 Å². The smallest absolute Gasteiger partial charge is 0.137 e. The van der Waals surface area contributed by atoms with Crippen LogP contribution in [0.1, 0.15) is 12.5 Å². The van der Waals surface area contributed by atoms with Crippen molar-refractivity contribution < 1.29 is 14.2 Å². The number of methoxy groups -OCH3 is 2. The highest BCUT2D eigenvalue weighted by molar-refractivity contribution is 9.10. The van der Waals surface area contributed by atoms with Gasteiger partial charge in [-0.2, -0.15) is 0 Å². The van der Waals surface area contributed by atoms with Crippen molar-refractivity contribution in [3.8, 4) is 11.5 Å². The fraction of sp³-hybridized carbons (Fsp3) is 0.385. The zero-order valence-corrected chi connectivity index (χ0v) is 11.7. The van der Waals surface area contributed by atoms with Crippen molar-refractivity contribution in [1.82, 2.24) is 0 Å². The monoisotopic (exact) mass is 298 g/mol. The first kappa shape index (κ1) is 12.3. The minimum Gasteiger partial charge on any atom is -0.495 e. The molecule has 1 heterocycles. The van der Waals surface area contributed by atoms with Crippen molar-refractivity contribution in [2.45, 2.75) is 6.92 Å². The summed E-state index contributed by atoms with van der Waals surface area (Å²) in [6.07, 6.45) is 2.11. The molecule has 1 aliphatic rings. The molecule has 4 heteroatoms. The lowest BCUT2D eigenvalue weighted by molar-refractivity contribution is 0.277. The summed E-state index contributed by atoms with van der Waals surface area (Å²) in [5, 5.41) is 0. The van der Waals surface area contributed by atoms with Gasteiger partial charge in [0.05, 0.1) is 20.8 Å². The summed E-state index contributed by atoms with van der Waals surface area (Å²) in [7, 11) is 3.27. The van der Waals surface area contributed by atoms with E-state index in [-0.39, 0.29) is 0 Å². The van der Waals surface area contributed by atoms with Crippen LogP contribution in [0.15, 0.2) is 22.7 Å². The van der Waals surface area contributed by atoms with E-state index >= 15 is 0 Å². The van der Waals surface area contributed by atoms with E-state index < -0.39 is 0 Å². The van der Waals surface area contributed by atoms with Crippen LogP contribution in [0.3, 0.4) is 0 Å². The molecule has 1 atom stereocenters. The molecule has 0 saturated heterocycles. The molecule has 0 aromatic heterocycles. The number of rotatable bonds is 3. The number of halogens is 1. The molecule has 2 rings (SSSR count). The van der Waals surface area contributed by atoms with Crippen LogP contribution in [0, 0.1) is 5.92 Å². The standard InChI is InChI=1S/C13H15BrO3/c1-8-4-10(17-7-8)9-5-11(15-2)13(14)12(6-9)16-3/h4-6,8H,7H2,1-3H3. The molecule has 0 saturated carbocycles. The third-order valence-electron chi connectivity index (χ3n) is 2.67. The summed E-state index contributed by atoms with van der Waals surface area (Å²) >= 11 is 3.45. The molecule has 0 fully saturated rings. The quantitative estimate of drug-likeness (QED) is 0.855. The van der Waals surface area contributed by atoms with Crippen LogP contribution in [0.4, 0.5) is 0 Å². The SMILES string of the molecule is COc1cc(C2=CC(C)CO2)cc(OC)c1Br. The third-order valence-corrected chi connectivity index (χ3v) is 3.45. The second-order valence-corrected chi connectivity index (χ2v) is 4.81. The van der Waals surface area contributed by atoms with Crippen molar-refractivity contribution in [2.24, 2.45) is 5.92 Å². The van der Waals surface area contributed by atoms with Crippen LogP contribution < -0.4 is 9.47 Å². The fourth-order valence-electron chi connectivity index (χ4n) is 1.77. The first-order valence-electron chi connectivity index (χ1n) is 5.42. The molecule has 17 heavy (non-hydrogen) atoms. The van der Waals surface area contributed by atoms with Gasteiger partial charge in [-0.3, -0.25) is 0 Å². The van der Waals surface area contributed by atoms with E-state index in [2.05, 4.69) is 28.9 Å². The molecule has 0 aliphatic carbocycles. The lowest BCUT2D eigenvalue weighted by Crippen LogP contribution is -1.94. The second kappa shape index (κ2) is 5.00. The number of hydrogen-bond acceptors (Lipinski definition) is 3. The largest absolute Gasteiger partial charge is 0.495 e. The highest BCUT2D eigenvalue weighted by Gasteiger charge is 2.18. The summed E-state index contributed by atoms with van der Waals surface area (Å²) in [5.74, 6) is 2.82. The van der Waals surface area contributed by atoms with Gasteiger partial charge < -0.3 is 14.2 Å². The fourth-order valence-corrected chi connectivity index (χ4v) is 2.32. The van der Waals surface area contributed by atoms with Crippen LogP contribution in [0.25, 0.3) is 5.76 Å². The van der Waals surface area contributed by atoms with Crippen LogP contribution >= 0.6 is 15.9 Å². The summed E-state index contributed by atoms with van der Waals surface area (Å²) in [4.78, 5) is 0. The molecule has 0 spiro atoms. The molecule has 1 aromatic carbocycles. The number of benzene rings is 1. The van der Waals surface area contributed by atoms with E-state index in [0.717, 1.165) is 33.9 Å². The van der Waals surface area contributed by atoms with Gasteiger partial charge in [-0.1, -0.05) is 6.92 Å². The molecule has 0 amide bonds. The minimum absolute atomic E-state index is 0.450. The summed E-state index contributed by atoms with van der Waals surface area (Å²) < 4.78 is 17.1. The van der Waals surface area contributed by atoms with Crippen molar-refractivity contribution in [2.75, 3.05) is 20.8 Å². The van der Waals surface area contributed by atoms with Gasteiger partial charge in [0.2, 0.25) is 0 Å². The van der Waals surface area contributed by atoms with E-state index in [1.54, 1.807) is 14.2 Å². The van der Waals surface area contributed by atoms with Gasteiger partial charge in [0.1, 0.15) is 21.7 Å². The Kier molecular flexibility index (Phi) is 3.62. The topological polar surface area (TPSA) is 27.7 Å². The second-order valence-electron chi connectivity index (χ2n) is 4.01. The Labute approximate surface area is 109 Å². The Morgan fingerprint density at radius 3 is 2.24 bits per heavy atom. The third kappa shape index (κ3) is 2.41. The molecule has 3 nitrogen and oxygen atoms in total. The molecule has 1 unspecified atom stereocenters. The Bertz CT molecular complexity index is 429. The number of hydrogen-bond donors (Lipinski definition) is 0. The van der Waals surface area contributed by atoms with E-state index in [0.29, 0.717) is 5.92 Å². The average molecular weight is 299 g/mol. The number of ether oxygens (including phenoxy) is 3. The highest BCUT2D eigenvalue weighted by atomic mass is 79.9. The maximum Gasteiger partial charge on any atom is 0.137 e. The van der Waals surface area contributed by atoms with Gasteiger partial charge in [-0.25, -0.2) is 0 Å². The molecule has 1 aliphatic heterocycles. The first-order valence-corrected chi connectivity index (χ1v) is 6.21. The van der Waals surface area contributed by atoms with Crippen LogP contribution in [-0.4, -0.2) is 20.8 Å². The Morgan fingerprint density at radius 2 is 1.82 bits per heavy atom. The molecule has 1 aromatic rings. The molecular weight excluding hydrogens is 284 g/mol. The van der Waals surface area contributed by atoms with Gasteiger partial charge in [-0.15, -0.1) is 0 Å². The van der Waals surface area contributed by atoms with E-state index in [1.165, 1.54) is 0 Å². The Morgan fingerprint density at radius 1 is 1.24 bits per heavy atom. The molecule has 92 valence electrons. The zero-order valence-electron chi connectivity index (χ0n) is 10.1. The molecular formula is C13H15BrO3. The molecule has 0 bridgehead atoms. The van der Waals surface area contributed by atoms with Crippen molar-refractivity contribution in [3.63, 3.8) is 0 Å². The lowest BCUT2D eigenvalue weighted by Gasteiger charge is -2.12. The van der Waals surface area contributed by atoms with Crippen LogP contribution in [-0.2, 0) is 4.74 Å². The Balaban J connectivity index is 2.45. The summed E-state index contributed by atoms with van der Waals surface area (Å²) in [5.41, 5.74) is 0.978. The van der Waals surface area contributed by atoms with Crippen molar-refractivity contribution >= 4 is 21.7 Å². The predicted octanol–water partition coefficient (Wildman–Crippen LogP) is 3.47. The van der Waals surface area contributed by atoms with Crippen molar-refractivity contribution in [1.29, 1.82) is 0 Å². The normalized spacial score (nSPS) is 18.6. The first-order chi connectivity index (χ1) is 8.15. The van der Waals surface area contributed by atoms with Gasteiger partial charge in [0.15, 0.2) is 0 Å². The summed E-state index contributed by atoms with van der Waals surface area (Å²) in [6.45, 7) is 2.86. The van der Waals surface area contributed by atoms with Gasteiger partial charge in [-0.05, 0) is 34.1 Å². The van der Waals surface area contributed by atoms with Crippen molar-refractivity contribution in [3.05, 3.63) is 28.2 Å². The Hall–Kier alpha value is -1.16. The van der Waals surface area contributed by atoms with Gasteiger partial charge in [0.25, 0.3) is 0 Å². The maximum atomic E-state index is 5.62. The zero-order chi connectivity index (χ0) is 12.4. The van der Waals surface area contributed by atoms with Gasteiger partial charge in [0, 0.05) is 11.5 Å². The van der Waals surface area contributed by atoms with Crippen LogP contribution in [0.5, 0.6) is 11.5 Å². The highest BCUT2D eigenvalue weighted by Crippen LogP contribution is 2.38. The average Bonchev–Trinajstić information content (AvgIpc) is 2.76. The minimum atomic E-state index is 0.450. The van der Waals surface area contributed by atoms with Crippen LogP contribution in [0.2, 0.25) is 0 Å². The van der Waals surface area contributed by atoms with E-state index in [9.17, 15) is 0 Å². The predicted molar refractivity (Wildman–Crippen MR) is 70.3 cm³/mol. The maximum absolute atomic E-state index is 5.62. The summed E-state index contributed by atoms with van der Waals surface area (Å²) in [6, 6.07) is 3.88. The van der Waals surface area contributed by atoms with Gasteiger partial charge >= 0.3 is 0 Å². The molecule has 0 N–H and O–H groups in total. The lowest BCUT2D eigenvalue weighted by atomic mass is 10.1. The molecule has 0 radical (unpaired) electrons.